The Labute approximate surface area is 188 Å². The predicted octanol–water partition coefficient (Wildman–Crippen LogP) is 6.61. The maximum Gasteiger partial charge on any atom is 0.266 e. The fourth-order valence-corrected chi connectivity index (χ4v) is 4.80. The maximum absolute atomic E-state index is 13.0. The van der Waals surface area contributed by atoms with Crippen molar-refractivity contribution in [3.05, 3.63) is 76.2 Å². The summed E-state index contributed by atoms with van der Waals surface area (Å²) in [6, 6.07) is 18.4. The summed E-state index contributed by atoms with van der Waals surface area (Å²) in [5.41, 5.74) is 3.63. The molecule has 2 N–H and O–H groups in total. The summed E-state index contributed by atoms with van der Waals surface area (Å²) in [5, 5.41) is 11.3. The van der Waals surface area contributed by atoms with Crippen LogP contribution in [0.2, 0.25) is 0 Å². The van der Waals surface area contributed by atoms with Gasteiger partial charge in [0.2, 0.25) is 0 Å². The second kappa shape index (κ2) is 9.65. The minimum absolute atomic E-state index is 0.0665. The largest absolute Gasteiger partial charge is 0.504 e. The lowest BCUT2D eigenvalue weighted by atomic mass is 10.1. The van der Waals surface area contributed by atoms with E-state index in [1.807, 2.05) is 30.3 Å². The number of H-pyrrole nitrogens is 1. The topological polar surface area (TPSA) is 56.3 Å². The minimum atomic E-state index is -0.229. The van der Waals surface area contributed by atoms with Crippen molar-refractivity contribution in [2.75, 3.05) is 11.4 Å². The van der Waals surface area contributed by atoms with Gasteiger partial charge in [0.05, 0.1) is 0 Å². The summed E-state index contributed by atoms with van der Waals surface area (Å²) < 4.78 is 0. The van der Waals surface area contributed by atoms with Crippen molar-refractivity contribution in [2.24, 2.45) is 0 Å². The molecule has 2 aromatic carbocycles. The van der Waals surface area contributed by atoms with Crippen LogP contribution in [0.3, 0.4) is 0 Å². The second-order valence-electron chi connectivity index (χ2n) is 8.09. The lowest BCUT2D eigenvalue weighted by molar-refractivity contribution is 0.458. The molecule has 31 heavy (non-hydrogen) atoms. The highest BCUT2D eigenvalue weighted by atomic mass is 32.2. The molecule has 4 rings (SSSR count). The molecule has 0 bridgehead atoms. The molecule has 162 valence electrons. The van der Waals surface area contributed by atoms with E-state index in [0.717, 1.165) is 35.5 Å². The highest BCUT2D eigenvalue weighted by Crippen LogP contribution is 2.44. The number of unbranched alkanes of at least 4 members (excludes halogenated alkanes) is 1. The van der Waals surface area contributed by atoms with E-state index in [9.17, 15) is 9.90 Å². The Morgan fingerprint density at radius 2 is 1.77 bits per heavy atom. The molecule has 1 fully saturated rings. The SMILES string of the molecule is CCCCc1[nH]c(=O)c(Sc2ccc(C3CC3)cc2)c(O)c1N(CC)c1ccccc1. The van der Waals surface area contributed by atoms with Crippen molar-refractivity contribution in [2.45, 2.75) is 61.7 Å². The monoisotopic (exact) mass is 434 g/mol. The fraction of sp³-hybridized carbons (Fsp3) is 0.346. The van der Waals surface area contributed by atoms with Crippen LogP contribution in [0, 0.1) is 0 Å². The fourth-order valence-electron chi connectivity index (χ4n) is 3.95. The van der Waals surface area contributed by atoms with E-state index in [-0.39, 0.29) is 11.3 Å². The zero-order chi connectivity index (χ0) is 21.8. The second-order valence-corrected chi connectivity index (χ2v) is 9.17. The zero-order valence-corrected chi connectivity index (χ0v) is 19.0. The van der Waals surface area contributed by atoms with Gasteiger partial charge in [0, 0.05) is 22.8 Å². The number of para-hydroxylation sites is 1. The molecule has 1 saturated carbocycles. The number of benzene rings is 2. The molecule has 1 aliphatic carbocycles. The van der Waals surface area contributed by atoms with E-state index in [2.05, 4.69) is 48.0 Å². The molecule has 1 heterocycles. The summed E-state index contributed by atoms with van der Waals surface area (Å²) in [5.74, 6) is 0.765. The van der Waals surface area contributed by atoms with Gasteiger partial charge in [-0.05, 0) is 68.4 Å². The number of hydrogen-bond donors (Lipinski definition) is 2. The van der Waals surface area contributed by atoms with Crippen LogP contribution in [-0.2, 0) is 6.42 Å². The normalized spacial score (nSPS) is 13.4. The first-order valence-corrected chi connectivity index (χ1v) is 12.0. The molecular formula is C26H30N2O2S. The van der Waals surface area contributed by atoms with Crippen LogP contribution in [-0.4, -0.2) is 16.6 Å². The molecule has 5 heteroatoms. The molecule has 0 spiro atoms. The molecular weight excluding hydrogens is 404 g/mol. The molecule has 0 saturated heterocycles. The highest BCUT2D eigenvalue weighted by Gasteiger charge is 2.25. The lowest BCUT2D eigenvalue weighted by Gasteiger charge is -2.27. The van der Waals surface area contributed by atoms with Crippen molar-refractivity contribution < 1.29 is 5.11 Å². The van der Waals surface area contributed by atoms with Gasteiger partial charge in [0.15, 0.2) is 5.75 Å². The highest BCUT2D eigenvalue weighted by molar-refractivity contribution is 7.99. The average Bonchev–Trinajstić information content (AvgIpc) is 3.64. The molecule has 0 aliphatic heterocycles. The molecule has 1 aromatic heterocycles. The van der Waals surface area contributed by atoms with Gasteiger partial charge < -0.3 is 15.0 Å². The first-order chi connectivity index (χ1) is 15.1. The molecule has 0 amide bonds. The number of aryl methyl sites for hydroxylation is 1. The van der Waals surface area contributed by atoms with Crippen molar-refractivity contribution in [3.63, 3.8) is 0 Å². The van der Waals surface area contributed by atoms with Gasteiger partial charge in [-0.1, -0.05) is 55.4 Å². The Balaban J connectivity index is 1.75. The smallest absolute Gasteiger partial charge is 0.266 e. The molecule has 4 nitrogen and oxygen atoms in total. The van der Waals surface area contributed by atoms with Crippen LogP contribution in [0.1, 0.15) is 56.7 Å². The van der Waals surface area contributed by atoms with Crippen LogP contribution >= 0.6 is 11.8 Å². The summed E-state index contributed by atoms with van der Waals surface area (Å²) in [4.78, 5) is 19.4. The van der Waals surface area contributed by atoms with Crippen LogP contribution < -0.4 is 10.5 Å². The van der Waals surface area contributed by atoms with Crippen LogP contribution in [0.25, 0.3) is 0 Å². The summed E-state index contributed by atoms with van der Waals surface area (Å²) in [6.45, 7) is 4.87. The Kier molecular flexibility index (Phi) is 6.71. The number of pyridine rings is 1. The third-order valence-electron chi connectivity index (χ3n) is 5.78. The first kappa shape index (κ1) is 21.6. The number of aromatic nitrogens is 1. The van der Waals surface area contributed by atoms with Gasteiger partial charge >= 0.3 is 0 Å². The van der Waals surface area contributed by atoms with Crippen LogP contribution in [0.5, 0.6) is 5.75 Å². The molecule has 0 atom stereocenters. The standard InChI is InChI=1S/C26H30N2O2S/c1-3-5-11-22-23(28(4-2)20-9-7-6-8-10-20)24(29)25(26(30)27-22)31-21-16-14-19(15-17-21)18-12-13-18/h6-10,14-18H,3-5,11-13H2,1-2H3,(H2,27,29,30). The van der Waals surface area contributed by atoms with Gasteiger partial charge in [-0.2, -0.15) is 0 Å². The van der Waals surface area contributed by atoms with Crippen LogP contribution in [0.4, 0.5) is 11.4 Å². The van der Waals surface area contributed by atoms with E-state index < -0.39 is 0 Å². The van der Waals surface area contributed by atoms with Gasteiger partial charge in [-0.25, -0.2) is 0 Å². The Bertz CT molecular complexity index is 1070. The predicted molar refractivity (Wildman–Crippen MR) is 129 cm³/mol. The minimum Gasteiger partial charge on any atom is -0.504 e. The lowest BCUT2D eigenvalue weighted by Crippen LogP contribution is -2.22. The van der Waals surface area contributed by atoms with Crippen molar-refractivity contribution in [3.8, 4) is 5.75 Å². The van der Waals surface area contributed by atoms with Gasteiger partial charge in [0.1, 0.15) is 10.6 Å². The quantitative estimate of drug-likeness (QED) is 0.398. The van der Waals surface area contributed by atoms with E-state index in [1.54, 1.807) is 0 Å². The third kappa shape index (κ3) is 4.82. The average molecular weight is 435 g/mol. The first-order valence-electron chi connectivity index (χ1n) is 11.2. The molecule has 1 aliphatic rings. The van der Waals surface area contributed by atoms with Gasteiger partial charge in [-0.3, -0.25) is 4.79 Å². The summed E-state index contributed by atoms with van der Waals surface area (Å²) >= 11 is 1.33. The maximum atomic E-state index is 13.0. The number of rotatable bonds is 9. The van der Waals surface area contributed by atoms with Crippen molar-refractivity contribution >= 4 is 23.1 Å². The van der Waals surface area contributed by atoms with E-state index >= 15 is 0 Å². The number of aromatic amines is 1. The van der Waals surface area contributed by atoms with Gasteiger partial charge in [-0.15, -0.1) is 0 Å². The zero-order valence-electron chi connectivity index (χ0n) is 18.2. The van der Waals surface area contributed by atoms with E-state index in [0.29, 0.717) is 23.0 Å². The van der Waals surface area contributed by atoms with E-state index in [4.69, 9.17) is 0 Å². The van der Waals surface area contributed by atoms with Crippen molar-refractivity contribution in [1.29, 1.82) is 0 Å². The number of nitrogens with zero attached hydrogens (tertiary/aromatic N) is 1. The Morgan fingerprint density at radius 1 is 1.06 bits per heavy atom. The molecule has 0 radical (unpaired) electrons. The third-order valence-corrected chi connectivity index (χ3v) is 6.87. The van der Waals surface area contributed by atoms with Crippen molar-refractivity contribution in [1.82, 2.24) is 4.98 Å². The molecule has 0 unspecified atom stereocenters. The summed E-state index contributed by atoms with van der Waals surface area (Å²) in [6.07, 6.45) is 5.22. The Hall–Kier alpha value is -2.66. The molecule has 3 aromatic rings. The number of nitrogens with one attached hydrogen (secondary N) is 1. The van der Waals surface area contributed by atoms with Gasteiger partial charge in [0.25, 0.3) is 5.56 Å². The Morgan fingerprint density at radius 3 is 2.39 bits per heavy atom. The number of aromatic hydroxyl groups is 1. The van der Waals surface area contributed by atoms with E-state index in [1.165, 1.54) is 30.2 Å². The number of anilines is 2. The summed E-state index contributed by atoms with van der Waals surface area (Å²) in [7, 11) is 0. The number of hydrogen-bond acceptors (Lipinski definition) is 4. The van der Waals surface area contributed by atoms with Crippen LogP contribution in [0.15, 0.2) is 69.2 Å².